The molecule has 0 aliphatic carbocycles. The number of hydrogen-bond acceptors (Lipinski definition) is 4. The Morgan fingerprint density at radius 2 is 2.38 bits per heavy atom. The molecule has 72 valence electrons. The Labute approximate surface area is 80.8 Å². The fourth-order valence-corrected chi connectivity index (χ4v) is 1.68. The molecule has 0 spiro atoms. The first-order chi connectivity index (χ1) is 6.09. The minimum atomic E-state index is -0.764. The molecule has 0 saturated heterocycles. The Morgan fingerprint density at radius 3 is 2.85 bits per heavy atom. The second-order valence-electron chi connectivity index (χ2n) is 2.90. The quantitative estimate of drug-likeness (QED) is 0.794. The van der Waals surface area contributed by atoms with Crippen LogP contribution in [0.4, 0.5) is 5.13 Å². The van der Waals surface area contributed by atoms with Gasteiger partial charge in [-0.25, -0.2) is 4.98 Å². The molecule has 1 aromatic rings. The average Bonchev–Trinajstić information content (AvgIpc) is 2.48. The molecular weight excluding hydrogens is 188 g/mol. The van der Waals surface area contributed by atoms with Gasteiger partial charge >= 0.3 is 5.97 Å². The van der Waals surface area contributed by atoms with Crippen LogP contribution in [0.25, 0.3) is 0 Å². The molecule has 0 fully saturated rings. The van der Waals surface area contributed by atoms with Crippen LogP contribution in [-0.4, -0.2) is 30.2 Å². The molecule has 1 N–H and O–H groups in total. The number of aromatic nitrogens is 1. The van der Waals surface area contributed by atoms with Crippen LogP contribution in [0.3, 0.4) is 0 Å². The third kappa shape index (κ3) is 3.02. The highest BCUT2D eigenvalue weighted by molar-refractivity contribution is 7.15. The molecule has 4 nitrogen and oxygen atoms in total. The molecule has 0 aromatic carbocycles. The SMILES string of the molecule is CN(C)c1ncc(CCC(=O)O)s1. The third-order valence-corrected chi connectivity index (χ3v) is 2.73. The smallest absolute Gasteiger partial charge is 0.303 e. The van der Waals surface area contributed by atoms with Crippen LogP contribution in [0.1, 0.15) is 11.3 Å². The zero-order valence-corrected chi connectivity index (χ0v) is 8.47. The lowest BCUT2D eigenvalue weighted by Crippen LogP contribution is -2.07. The number of nitrogens with zero attached hydrogens (tertiary/aromatic N) is 2. The number of aryl methyl sites for hydroxylation is 1. The summed E-state index contributed by atoms with van der Waals surface area (Å²) in [7, 11) is 3.83. The lowest BCUT2D eigenvalue weighted by atomic mass is 10.3. The fourth-order valence-electron chi connectivity index (χ4n) is 0.850. The van der Waals surface area contributed by atoms with Crippen LogP contribution >= 0.6 is 11.3 Å². The van der Waals surface area contributed by atoms with E-state index in [0.717, 1.165) is 10.0 Å². The van der Waals surface area contributed by atoms with Gasteiger partial charge in [-0.15, -0.1) is 11.3 Å². The Kier molecular flexibility index (Phi) is 3.25. The van der Waals surface area contributed by atoms with Gasteiger partial charge in [-0.1, -0.05) is 0 Å². The van der Waals surface area contributed by atoms with Crippen molar-refractivity contribution in [2.45, 2.75) is 12.8 Å². The Morgan fingerprint density at radius 1 is 1.69 bits per heavy atom. The van der Waals surface area contributed by atoms with Gasteiger partial charge in [0.25, 0.3) is 0 Å². The molecule has 1 aromatic heterocycles. The van der Waals surface area contributed by atoms with E-state index >= 15 is 0 Å². The van der Waals surface area contributed by atoms with E-state index in [0.29, 0.717) is 6.42 Å². The lowest BCUT2D eigenvalue weighted by Gasteiger charge is -2.04. The van der Waals surface area contributed by atoms with Crippen molar-refractivity contribution in [2.75, 3.05) is 19.0 Å². The molecule has 0 atom stereocenters. The molecule has 1 heterocycles. The van der Waals surface area contributed by atoms with E-state index in [1.165, 1.54) is 11.3 Å². The van der Waals surface area contributed by atoms with E-state index < -0.39 is 5.97 Å². The Hall–Kier alpha value is -1.10. The van der Waals surface area contributed by atoms with Crippen molar-refractivity contribution in [3.8, 4) is 0 Å². The second kappa shape index (κ2) is 4.23. The highest BCUT2D eigenvalue weighted by Crippen LogP contribution is 2.21. The normalized spacial score (nSPS) is 10.0. The maximum atomic E-state index is 10.3. The largest absolute Gasteiger partial charge is 0.481 e. The van der Waals surface area contributed by atoms with Crippen molar-refractivity contribution >= 4 is 22.4 Å². The summed E-state index contributed by atoms with van der Waals surface area (Å²) in [6, 6.07) is 0. The van der Waals surface area contributed by atoms with E-state index in [-0.39, 0.29) is 6.42 Å². The van der Waals surface area contributed by atoms with Crippen molar-refractivity contribution in [2.24, 2.45) is 0 Å². The van der Waals surface area contributed by atoms with Crippen molar-refractivity contribution in [3.05, 3.63) is 11.1 Å². The summed E-state index contributed by atoms with van der Waals surface area (Å²) in [4.78, 5) is 17.4. The molecule has 13 heavy (non-hydrogen) atoms. The molecule has 0 amide bonds. The summed E-state index contributed by atoms with van der Waals surface area (Å²) in [5.74, 6) is -0.764. The molecular formula is C8H12N2O2S. The first-order valence-corrected chi connectivity index (χ1v) is 4.75. The number of rotatable bonds is 4. The number of carboxylic acid groups (broad SMARTS) is 1. The number of aliphatic carboxylic acids is 1. The molecule has 0 saturated carbocycles. The molecule has 0 radical (unpaired) electrons. The first-order valence-electron chi connectivity index (χ1n) is 3.93. The van der Waals surface area contributed by atoms with E-state index in [1.807, 2.05) is 19.0 Å². The van der Waals surface area contributed by atoms with Gasteiger partial charge in [0.1, 0.15) is 0 Å². The van der Waals surface area contributed by atoms with Crippen LogP contribution in [-0.2, 0) is 11.2 Å². The average molecular weight is 200 g/mol. The maximum Gasteiger partial charge on any atom is 0.303 e. The van der Waals surface area contributed by atoms with Gasteiger partial charge in [-0.3, -0.25) is 4.79 Å². The Balaban J connectivity index is 2.54. The zero-order valence-electron chi connectivity index (χ0n) is 7.65. The first kappa shape index (κ1) is 9.98. The minimum Gasteiger partial charge on any atom is -0.481 e. The van der Waals surface area contributed by atoms with Gasteiger partial charge in [0.2, 0.25) is 0 Å². The predicted molar refractivity (Wildman–Crippen MR) is 52.4 cm³/mol. The van der Waals surface area contributed by atoms with Gasteiger partial charge in [0.15, 0.2) is 5.13 Å². The predicted octanol–water partition coefficient (Wildman–Crippen LogP) is 1.23. The lowest BCUT2D eigenvalue weighted by molar-refractivity contribution is -0.136. The number of carbonyl (C=O) groups is 1. The summed E-state index contributed by atoms with van der Waals surface area (Å²) < 4.78 is 0. The van der Waals surface area contributed by atoms with Gasteiger partial charge in [-0.2, -0.15) is 0 Å². The molecule has 1 rings (SSSR count). The van der Waals surface area contributed by atoms with Crippen molar-refractivity contribution in [3.63, 3.8) is 0 Å². The standard InChI is InChI=1S/C8H12N2O2S/c1-10(2)8-9-5-6(13-8)3-4-7(11)12/h5H,3-4H2,1-2H3,(H,11,12). The highest BCUT2D eigenvalue weighted by Gasteiger charge is 2.05. The fraction of sp³-hybridized carbons (Fsp3) is 0.500. The maximum absolute atomic E-state index is 10.3. The number of thiazole rings is 1. The molecule has 0 aliphatic heterocycles. The molecule has 0 aliphatic rings. The number of carboxylic acids is 1. The monoisotopic (exact) mass is 200 g/mol. The van der Waals surface area contributed by atoms with E-state index in [4.69, 9.17) is 5.11 Å². The van der Waals surface area contributed by atoms with Crippen molar-refractivity contribution in [1.29, 1.82) is 0 Å². The summed E-state index contributed by atoms with van der Waals surface area (Å²) >= 11 is 1.53. The summed E-state index contributed by atoms with van der Waals surface area (Å²) in [6.45, 7) is 0. The van der Waals surface area contributed by atoms with E-state index in [9.17, 15) is 4.79 Å². The van der Waals surface area contributed by atoms with Crippen molar-refractivity contribution < 1.29 is 9.90 Å². The highest BCUT2D eigenvalue weighted by atomic mass is 32.1. The van der Waals surface area contributed by atoms with Crippen LogP contribution < -0.4 is 4.90 Å². The van der Waals surface area contributed by atoms with Gasteiger partial charge in [0, 0.05) is 25.2 Å². The molecule has 0 bridgehead atoms. The van der Waals surface area contributed by atoms with Gasteiger partial charge in [-0.05, 0) is 6.42 Å². The van der Waals surface area contributed by atoms with Crippen LogP contribution in [0.15, 0.2) is 6.20 Å². The van der Waals surface area contributed by atoms with Gasteiger partial charge in [0.05, 0.1) is 6.42 Å². The van der Waals surface area contributed by atoms with Crippen LogP contribution in [0.2, 0.25) is 0 Å². The topological polar surface area (TPSA) is 53.4 Å². The summed E-state index contributed by atoms with van der Waals surface area (Å²) in [5, 5.41) is 9.38. The zero-order chi connectivity index (χ0) is 9.84. The number of hydrogen-bond donors (Lipinski definition) is 1. The molecule has 5 heteroatoms. The molecule has 0 unspecified atom stereocenters. The number of anilines is 1. The summed E-state index contributed by atoms with van der Waals surface area (Å²) in [6.07, 6.45) is 2.48. The van der Waals surface area contributed by atoms with E-state index in [1.54, 1.807) is 6.20 Å². The van der Waals surface area contributed by atoms with Crippen LogP contribution in [0, 0.1) is 0 Å². The van der Waals surface area contributed by atoms with Gasteiger partial charge < -0.3 is 10.0 Å². The van der Waals surface area contributed by atoms with Crippen LogP contribution in [0.5, 0.6) is 0 Å². The minimum absolute atomic E-state index is 0.176. The van der Waals surface area contributed by atoms with Crippen molar-refractivity contribution in [1.82, 2.24) is 4.98 Å². The second-order valence-corrected chi connectivity index (χ2v) is 3.99. The third-order valence-electron chi connectivity index (χ3n) is 1.51. The Bertz CT molecular complexity index is 296. The summed E-state index contributed by atoms with van der Waals surface area (Å²) in [5.41, 5.74) is 0. The van der Waals surface area contributed by atoms with E-state index in [2.05, 4.69) is 4.98 Å².